The van der Waals surface area contributed by atoms with Crippen molar-refractivity contribution in [3.8, 4) is 5.69 Å². The quantitative estimate of drug-likeness (QED) is 0.782. The van der Waals surface area contributed by atoms with E-state index in [1.807, 2.05) is 35.0 Å². The normalized spacial score (nSPS) is 10.8. The van der Waals surface area contributed by atoms with Gasteiger partial charge in [0.15, 0.2) is 0 Å². The lowest BCUT2D eigenvalue weighted by Crippen LogP contribution is -2.15. The van der Waals surface area contributed by atoms with Crippen LogP contribution in [0.4, 0.5) is 8.78 Å². The molecule has 3 aromatic rings. The fourth-order valence-corrected chi connectivity index (χ4v) is 2.23. The average Bonchev–Trinajstić information content (AvgIpc) is 3.05. The number of rotatable bonds is 5. The molecule has 0 atom stereocenters. The van der Waals surface area contributed by atoms with Crippen LogP contribution in [0.2, 0.25) is 0 Å². The maximum atomic E-state index is 13.5. The van der Waals surface area contributed by atoms with E-state index in [0.717, 1.165) is 11.3 Å². The third-order valence-electron chi connectivity index (χ3n) is 3.43. The summed E-state index contributed by atoms with van der Waals surface area (Å²) in [7, 11) is 0. The molecule has 112 valence electrons. The van der Waals surface area contributed by atoms with Crippen molar-refractivity contribution < 1.29 is 8.78 Å². The van der Waals surface area contributed by atoms with Gasteiger partial charge in [-0.1, -0.05) is 18.2 Å². The van der Waals surface area contributed by atoms with Crippen molar-refractivity contribution in [1.29, 1.82) is 0 Å². The molecule has 0 amide bonds. The van der Waals surface area contributed by atoms with Gasteiger partial charge in [-0.25, -0.2) is 13.8 Å². The lowest BCUT2D eigenvalue weighted by molar-refractivity contribution is 0.535. The van der Waals surface area contributed by atoms with Crippen molar-refractivity contribution in [1.82, 2.24) is 14.9 Å². The molecule has 0 unspecified atom stereocenters. The number of hydrogen-bond acceptors (Lipinski definition) is 2. The Kier molecular flexibility index (Phi) is 4.25. The van der Waals surface area contributed by atoms with Crippen LogP contribution in [0.5, 0.6) is 0 Å². The van der Waals surface area contributed by atoms with Crippen LogP contribution < -0.4 is 5.32 Å². The molecular formula is C17H15F2N3. The zero-order chi connectivity index (χ0) is 15.4. The van der Waals surface area contributed by atoms with Gasteiger partial charge in [0.2, 0.25) is 0 Å². The Morgan fingerprint density at radius 1 is 0.955 bits per heavy atom. The standard InChI is InChI=1S/C17H15F2N3/c18-16-2-1-3-17(19)15(16)11-21-10-13-4-6-14(7-5-13)22-9-8-20-12-22/h1-9,12,21H,10-11H2. The molecule has 0 aliphatic carbocycles. The topological polar surface area (TPSA) is 29.9 Å². The Labute approximate surface area is 127 Å². The molecule has 1 aromatic heterocycles. The SMILES string of the molecule is Fc1cccc(F)c1CNCc1ccc(-n2ccnc2)cc1. The number of imidazole rings is 1. The van der Waals surface area contributed by atoms with Gasteiger partial charge < -0.3 is 9.88 Å². The van der Waals surface area contributed by atoms with Crippen LogP contribution in [-0.4, -0.2) is 9.55 Å². The van der Waals surface area contributed by atoms with Gasteiger partial charge in [0.25, 0.3) is 0 Å². The zero-order valence-corrected chi connectivity index (χ0v) is 11.8. The summed E-state index contributed by atoms with van der Waals surface area (Å²) in [6.45, 7) is 0.694. The highest BCUT2D eigenvalue weighted by Gasteiger charge is 2.07. The van der Waals surface area contributed by atoms with E-state index in [0.29, 0.717) is 6.54 Å². The highest BCUT2D eigenvalue weighted by Crippen LogP contribution is 2.12. The molecule has 3 rings (SSSR count). The minimum atomic E-state index is -0.525. The Balaban J connectivity index is 1.60. The summed E-state index contributed by atoms with van der Waals surface area (Å²) in [5, 5.41) is 3.05. The van der Waals surface area contributed by atoms with Crippen molar-refractivity contribution in [3.63, 3.8) is 0 Å². The van der Waals surface area contributed by atoms with E-state index in [1.165, 1.54) is 18.2 Å². The van der Waals surface area contributed by atoms with Crippen LogP contribution in [0.3, 0.4) is 0 Å². The zero-order valence-electron chi connectivity index (χ0n) is 11.8. The van der Waals surface area contributed by atoms with Gasteiger partial charge in [-0.15, -0.1) is 0 Å². The van der Waals surface area contributed by atoms with Gasteiger partial charge in [0, 0.05) is 36.7 Å². The van der Waals surface area contributed by atoms with Crippen LogP contribution in [0, 0.1) is 11.6 Å². The first-order valence-electron chi connectivity index (χ1n) is 6.95. The molecule has 5 heteroatoms. The molecule has 0 aliphatic rings. The summed E-state index contributed by atoms with van der Waals surface area (Å²) < 4.78 is 28.9. The fraction of sp³-hybridized carbons (Fsp3) is 0.118. The van der Waals surface area contributed by atoms with Crippen molar-refractivity contribution >= 4 is 0 Å². The lowest BCUT2D eigenvalue weighted by atomic mass is 10.1. The van der Waals surface area contributed by atoms with Gasteiger partial charge in [0.05, 0.1) is 6.33 Å². The number of halogens is 2. The van der Waals surface area contributed by atoms with Crippen molar-refractivity contribution in [3.05, 3.63) is 83.9 Å². The van der Waals surface area contributed by atoms with Gasteiger partial charge in [-0.3, -0.25) is 0 Å². The summed E-state index contributed by atoms with van der Waals surface area (Å²) in [6.07, 6.45) is 5.32. The number of hydrogen-bond donors (Lipinski definition) is 1. The number of nitrogens with zero attached hydrogens (tertiary/aromatic N) is 2. The maximum Gasteiger partial charge on any atom is 0.130 e. The van der Waals surface area contributed by atoms with Crippen LogP contribution in [0.25, 0.3) is 5.69 Å². The summed E-state index contributed by atoms with van der Waals surface area (Å²) in [6, 6.07) is 11.8. The molecule has 0 bridgehead atoms. The largest absolute Gasteiger partial charge is 0.308 e. The van der Waals surface area contributed by atoms with Crippen molar-refractivity contribution in [2.75, 3.05) is 0 Å². The van der Waals surface area contributed by atoms with E-state index in [-0.39, 0.29) is 12.1 Å². The molecule has 1 heterocycles. The highest BCUT2D eigenvalue weighted by molar-refractivity contribution is 5.34. The van der Waals surface area contributed by atoms with Gasteiger partial charge >= 0.3 is 0 Å². The van der Waals surface area contributed by atoms with Crippen LogP contribution >= 0.6 is 0 Å². The molecular weight excluding hydrogens is 284 g/mol. The van der Waals surface area contributed by atoms with Crippen LogP contribution in [0.15, 0.2) is 61.2 Å². The third-order valence-corrected chi connectivity index (χ3v) is 3.43. The summed E-state index contributed by atoms with van der Waals surface area (Å²) in [5.74, 6) is -1.05. The Morgan fingerprint density at radius 2 is 1.68 bits per heavy atom. The van der Waals surface area contributed by atoms with Gasteiger partial charge in [-0.05, 0) is 29.8 Å². The van der Waals surface area contributed by atoms with Crippen LogP contribution in [0.1, 0.15) is 11.1 Å². The first kappa shape index (κ1) is 14.4. The van der Waals surface area contributed by atoms with E-state index in [1.54, 1.807) is 12.5 Å². The monoisotopic (exact) mass is 299 g/mol. The second-order valence-corrected chi connectivity index (χ2v) is 4.94. The minimum absolute atomic E-state index is 0.0672. The average molecular weight is 299 g/mol. The predicted octanol–water partition coefficient (Wildman–Crippen LogP) is 3.44. The van der Waals surface area contributed by atoms with E-state index >= 15 is 0 Å². The fourth-order valence-electron chi connectivity index (χ4n) is 2.23. The van der Waals surface area contributed by atoms with Gasteiger partial charge in [0.1, 0.15) is 11.6 Å². The first-order valence-corrected chi connectivity index (χ1v) is 6.95. The molecule has 0 radical (unpaired) electrons. The summed E-state index contributed by atoms with van der Waals surface area (Å²) in [5.41, 5.74) is 2.12. The lowest BCUT2D eigenvalue weighted by Gasteiger charge is -2.08. The second kappa shape index (κ2) is 6.49. The molecule has 0 spiro atoms. The summed E-state index contributed by atoms with van der Waals surface area (Å²) in [4.78, 5) is 4.00. The van der Waals surface area contributed by atoms with E-state index in [9.17, 15) is 8.78 Å². The molecule has 0 saturated heterocycles. The Morgan fingerprint density at radius 3 is 2.32 bits per heavy atom. The predicted molar refractivity (Wildman–Crippen MR) is 80.5 cm³/mol. The molecule has 1 N–H and O–H groups in total. The molecule has 3 nitrogen and oxygen atoms in total. The maximum absolute atomic E-state index is 13.5. The van der Waals surface area contributed by atoms with Crippen LogP contribution in [-0.2, 0) is 13.1 Å². The molecule has 0 aliphatic heterocycles. The molecule has 22 heavy (non-hydrogen) atoms. The second-order valence-electron chi connectivity index (χ2n) is 4.94. The highest BCUT2D eigenvalue weighted by atomic mass is 19.1. The molecule has 0 fully saturated rings. The molecule has 2 aromatic carbocycles. The number of benzene rings is 2. The van der Waals surface area contributed by atoms with E-state index in [2.05, 4.69) is 10.3 Å². The minimum Gasteiger partial charge on any atom is -0.308 e. The molecule has 0 saturated carbocycles. The third kappa shape index (κ3) is 3.20. The Hall–Kier alpha value is -2.53. The van der Waals surface area contributed by atoms with Gasteiger partial charge in [-0.2, -0.15) is 0 Å². The van der Waals surface area contributed by atoms with E-state index in [4.69, 9.17) is 0 Å². The van der Waals surface area contributed by atoms with Crippen molar-refractivity contribution in [2.24, 2.45) is 0 Å². The summed E-state index contributed by atoms with van der Waals surface area (Å²) >= 11 is 0. The van der Waals surface area contributed by atoms with Crippen molar-refractivity contribution in [2.45, 2.75) is 13.1 Å². The Bertz CT molecular complexity index is 717. The smallest absolute Gasteiger partial charge is 0.130 e. The number of nitrogens with one attached hydrogen (secondary N) is 1. The number of aromatic nitrogens is 2. The first-order chi connectivity index (χ1) is 10.7. The van der Waals surface area contributed by atoms with E-state index < -0.39 is 11.6 Å².